The molecule has 2 aliphatic rings. The molecule has 0 radical (unpaired) electrons. The number of carbonyl (C=O) groups excluding carboxylic acids is 2. The summed E-state index contributed by atoms with van der Waals surface area (Å²) in [5.41, 5.74) is 9.07. The second kappa shape index (κ2) is 7.83. The van der Waals surface area contributed by atoms with Gasteiger partial charge in [0.2, 0.25) is 0 Å². The quantitative estimate of drug-likeness (QED) is 0.763. The minimum Gasteiger partial charge on any atom is -0.383 e. The first-order chi connectivity index (χ1) is 14.0. The first-order valence-electron chi connectivity index (χ1n) is 10.0. The largest absolute Gasteiger partial charge is 0.383 e. The number of aromatic nitrogens is 1. The number of nitrogens with two attached hydrogens (primary N) is 1. The molecule has 2 aromatic rings. The standard InChI is InChI=1S/C22H26N4O3/c1-13-8-9-18(15-6-4-3-5-7-15)26(11-13)22(28)21(27)25-17-10-24-20(23)19-14(2)29-12-16(17)19/h3-7,10,13-14,18H,8-9,11-12H2,1-2H3,(H2,23,24)(H,25,27)/t13?,14-,18?/m1/s1. The second-order valence-corrected chi connectivity index (χ2v) is 7.92. The number of ether oxygens (including phenoxy) is 1. The molecule has 2 amide bonds. The van der Waals surface area contributed by atoms with Gasteiger partial charge < -0.3 is 20.7 Å². The molecule has 29 heavy (non-hydrogen) atoms. The van der Waals surface area contributed by atoms with Crippen molar-refractivity contribution >= 4 is 23.3 Å². The van der Waals surface area contributed by atoms with Crippen LogP contribution in [-0.2, 0) is 20.9 Å². The number of fused-ring (bicyclic) bond motifs is 1. The van der Waals surface area contributed by atoms with Gasteiger partial charge >= 0.3 is 11.8 Å². The van der Waals surface area contributed by atoms with E-state index in [4.69, 9.17) is 10.5 Å². The Bertz CT molecular complexity index is 931. The van der Waals surface area contributed by atoms with E-state index in [1.165, 1.54) is 6.20 Å². The number of piperidine rings is 1. The van der Waals surface area contributed by atoms with Gasteiger partial charge in [0.15, 0.2) is 0 Å². The summed E-state index contributed by atoms with van der Waals surface area (Å²) < 4.78 is 5.63. The van der Waals surface area contributed by atoms with Crippen LogP contribution < -0.4 is 11.1 Å². The highest BCUT2D eigenvalue weighted by atomic mass is 16.5. The van der Waals surface area contributed by atoms with Crippen LogP contribution in [0.3, 0.4) is 0 Å². The minimum atomic E-state index is -0.659. The number of rotatable bonds is 2. The van der Waals surface area contributed by atoms with Crippen molar-refractivity contribution < 1.29 is 14.3 Å². The number of likely N-dealkylation sites (tertiary alicyclic amines) is 1. The maximum absolute atomic E-state index is 13.1. The van der Waals surface area contributed by atoms with E-state index in [1.807, 2.05) is 37.3 Å². The minimum absolute atomic E-state index is 0.0933. The highest BCUT2D eigenvalue weighted by molar-refractivity contribution is 6.39. The molecule has 0 bridgehead atoms. The van der Waals surface area contributed by atoms with Gasteiger partial charge in [0.25, 0.3) is 0 Å². The van der Waals surface area contributed by atoms with Crippen molar-refractivity contribution in [1.82, 2.24) is 9.88 Å². The van der Waals surface area contributed by atoms with E-state index in [0.29, 0.717) is 30.6 Å². The number of nitrogens with one attached hydrogen (secondary N) is 1. The summed E-state index contributed by atoms with van der Waals surface area (Å²) in [6, 6.07) is 9.79. The van der Waals surface area contributed by atoms with Crippen LogP contribution in [0.25, 0.3) is 0 Å². The molecule has 2 unspecified atom stereocenters. The van der Waals surface area contributed by atoms with E-state index in [-0.39, 0.29) is 12.1 Å². The number of benzene rings is 1. The molecule has 152 valence electrons. The summed E-state index contributed by atoms with van der Waals surface area (Å²) in [5.74, 6) is -0.442. The number of hydrogen-bond acceptors (Lipinski definition) is 5. The van der Waals surface area contributed by atoms with Crippen LogP contribution in [-0.4, -0.2) is 28.2 Å². The maximum Gasteiger partial charge on any atom is 0.313 e. The van der Waals surface area contributed by atoms with Crippen LogP contribution in [0.4, 0.5) is 11.5 Å². The Morgan fingerprint density at radius 2 is 1.97 bits per heavy atom. The van der Waals surface area contributed by atoms with Crippen molar-refractivity contribution in [2.45, 2.75) is 45.4 Å². The summed E-state index contributed by atoms with van der Waals surface area (Å²) in [6.07, 6.45) is 3.17. The number of hydrogen-bond donors (Lipinski definition) is 2. The predicted octanol–water partition coefficient (Wildman–Crippen LogP) is 3.19. The first-order valence-corrected chi connectivity index (χ1v) is 10.0. The fourth-order valence-electron chi connectivity index (χ4n) is 4.29. The van der Waals surface area contributed by atoms with Gasteiger partial charge in [-0.05, 0) is 31.2 Å². The molecular formula is C22H26N4O3. The summed E-state index contributed by atoms with van der Waals surface area (Å²) in [4.78, 5) is 31.8. The van der Waals surface area contributed by atoms with Crippen molar-refractivity contribution in [2.24, 2.45) is 5.92 Å². The van der Waals surface area contributed by atoms with Crippen molar-refractivity contribution in [2.75, 3.05) is 17.6 Å². The molecule has 7 nitrogen and oxygen atoms in total. The zero-order valence-corrected chi connectivity index (χ0v) is 16.7. The van der Waals surface area contributed by atoms with Gasteiger partial charge in [0, 0.05) is 17.7 Å². The number of pyridine rings is 1. The Hall–Kier alpha value is -2.93. The number of amides is 2. The maximum atomic E-state index is 13.1. The third-order valence-electron chi connectivity index (χ3n) is 5.85. The fourth-order valence-corrected chi connectivity index (χ4v) is 4.29. The first kappa shape index (κ1) is 19.4. The van der Waals surface area contributed by atoms with Crippen LogP contribution >= 0.6 is 0 Å². The van der Waals surface area contributed by atoms with Crippen molar-refractivity contribution in [3.8, 4) is 0 Å². The normalized spacial score (nSPS) is 23.5. The summed E-state index contributed by atoms with van der Waals surface area (Å²) in [5, 5.41) is 2.75. The lowest BCUT2D eigenvalue weighted by molar-refractivity contribution is -0.146. The van der Waals surface area contributed by atoms with Crippen LogP contribution in [0.2, 0.25) is 0 Å². The lowest BCUT2D eigenvalue weighted by Gasteiger charge is -2.38. The Morgan fingerprint density at radius 3 is 2.72 bits per heavy atom. The van der Waals surface area contributed by atoms with Crippen LogP contribution in [0.15, 0.2) is 36.5 Å². The van der Waals surface area contributed by atoms with Gasteiger partial charge in [-0.3, -0.25) is 9.59 Å². The zero-order chi connectivity index (χ0) is 20.5. The van der Waals surface area contributed by atoms with Gasteiger partial charge in [-0.25, -0.2) is 4.98 Å². The van der Waals surface area contributed by atoms with Gasteiger partial charge in [0.05, 0.1) is 30.6 Å². The highest BCUT2D eigenvalue weighted by Crippen LogP contribution is 2.38. The molecule has 1 fully saturated rings. The second-order valence-electron chi connectivity index (χ2n) is 7.92. The number of nitrogen functional groups attached to an aromatic ring is 1. The number of carbonyl (C=O) groups is 2. The summed E-state index contributed by atoms with van der Waals surface area (Å²) >= 11 is 0. The third-order valence-corrected chi connectivity index (χ3v) is 5.85. The fraction of sp³-hybridized carbons (Fsp3) is 0.409. The molecule has 0 aliphatic carbocycles. The number of anilines is 2. The molecular weight excluding hydrogens is 368 g/mol. The monoisotopic (exact) mass is 394 g/mol. The Kier molecular flexibility index (Phi) is 5.24. The van der Waals surface area contributed by atoms with E-state index < -0.39 is 11.8 Å². The molecule has 1 aromatic carbocycles. The lowest BCUT2D eigenvalue weighted by atomic mass is 9.90. The topological polar surface area (TPSA) is 97.6 Å². The van der Waals surface area contributed by atoms with E-state index in [1.54, 1.807) is 4.90 Å². The SMILES string of the molecule is CC1CCC(c2ccccc2)N(C(=O)C(=O)Nc2cnc(N)c3c2CO[C@@H]3C)C1. The molecule has 1 aromatic heterocycles. The van der Waals surface area contributed by atoms with Gasteiger partial charge in [-0.15, -0.1) is 0 Å². The highest BCUT2D eigenvalue weighted by Gasteiger charge is 2.35. The molecule has 3 heterocycles. The summed E-state index contributed by atoms with van der Waals surface area (Å²) in [7, 11) is 0. The molecule has 3 atom stereocenters. The molecule has 7 heteroatoms. The molecule has 0 spiro atoms. The molecule has 4 rings (SSSR count). The molecule has 1 saturated heterocycles. The number of nitrogens with zero attached hydrogens (tertiary/aromatic N) is 2. The molecule has 3 N–H and O–H groups in total. The molecule has 2 aliphatic heterocycles. The predicted molar refractivity (Wildman–Crippen MR) is 110 cm³/mol. The van der Waals surface area contributed by atoms with Gasteiger partial charge in [-0.1, -0.05) is 37.3 Å². The smallest absolute Gasteiger partial charge is 0.313 e. The Balaban J connectivity index is 1.56. The van der Waals surface area contributed by atoms with E-state index in [9.17, 15) is 9.59 Å². The zero-order valence-electron chi connectivity index (χ0n) is 16.7. The van der Waals surface area contributed by atoms with Crippen molar-refractivity contribution in [1.29, 1.82) is 0 Å². The average molecular weight is 394 g/mol. The Labute approximate surface area is 170 Å². The van der Waals surface area contributed by atoms with Crippen molar-refractivity contribution in [3.63, 3.8) is 0 Å². The lowest BCUT2D eigenvalue weighted by Crippen LogP contribution is -2.46. The van der Waals surface area contributed by atoms with Crippen molar-refractivity contribution in [3.05, 3.63) is 53.2 Å². The van der Waals surface area contributed by atoms with Gasteiger partial charge in [-0.2, -0.15) is 0 Å². The van der Waals surface area contributed by atoms with E-state index in [0.717, 1.165) is 29.5 Å². The van der Waals surface area contributed by atoms with E-state index in [2.05, 4.69) is 17.2 Å². The van der Waals surface area contributed by atoms with Crippen LogP contribution in [0.1, 0.15) is 55.5 Å². The van der Waals surface area contributed by atoms with Gasteiger partial charge in [0.1, 0.15) is 5.82 Å². The van der Waals surface area contributed by atoms with Crippen LogP contribution in [0.5, 0.6) is 0 Å². The summed E-state index contributed by atoms with van der Waals surface area (Å²) in [6.45, 7) is 4.89. The van der Waals surface area contributed by atoms with E-state index >= 15 is 0 Å². The average Bonchev–Trinajstić information content (AvgIpc) is 3.13. The third kappa shape index (κ3) is 3.70. The van der Waals surface area contributed by atoms with Crippen LogP contribution in [0, 0.1) is 5.92 Å². The molecule has 0 saturated carbocycles. The Morgan fingerprint density at radius 1 is 1.21 bits per heavy atom.